The predicted octanol–water partition coefficient (Wildman–Crippen LogP) is 4.76. The largest absolute Gasteiger partial charge is 0.491 e. The van der Waals surface area contributed by atoms with Gasteiger partial charge in [0, 0.05) is 23.5 Å². The number of fused-ring (bicyclic) bond motifs is 1. The average molecular weight is 471 g/mol. The number of thiophene rings is 2. The molecule has 0 unspecified atom stereocenters. The molecule has 1 fully saturated rings. The van der Waals surface area contributed by atoms with Crippen LogP contribution < -0.4 is 4.74 Å². The van der Waals surface area contributed by atoms with Crippen molar-refractivity contribution in [2.24, 2.45) is 0 Å². The number of halogens is 1. The first kappa shape index (κ1) is 21.2. The van der Waals surface area contributed by atoms with Gasteiger partial charge in [-0.25, -0.2) is 4.39 Å². The van der Waals surface area contributed by atoms with Crippen LogP contribution in [0, 0.1) is 5.82 Å². The summed E-state index contributed by atoms with van der Waals surface area (Å²) in [6, 6.07) is 11.6. The lowest BCUT2D eigenvalue weighted by atomic mass is 10.0. The van der Waals surface area contributed by atoms with Crippen molar-refractivity contribution in [1.82, 2.24) is 9.80 Å². The molecule has 0 bridgehead atoms. The third kappa shape index (κ3) is 4.42. The number of rotatable bonds is 7. The molecule has 2 amide bonds. The van der Waals surface area contributed by atoms with Crippen molar-refractivity contribution in [3.8, 4) is 5.75 Å². The first-order valence-electron chi connectivity index (χ1n) is 10.7. The van der Waals surface area contributed by atoms with Crippen molar-refractivity contribution >= 4 is 34.5 Å². The van der Waals surface area contributed by atoms with E-state index < -0.39 is 0 Å². The Morgan fingerprint density at radius 1 is 1.12 bits per heavy atom. The second-order valence-corrected chi connectivity index (χ2v) is 10.0. The lowest BCUT2D eigenvalue weighted by molar-refractivity contribution is -0.135. The molecule has 0 radical (unpaired) electrons. The maximum atomic E-state index is 13.6. The van der Waals surface area contributed by atoms with Crippen LogP contribution in [0.5, 0.6) is 5.75 Å². The average Bonchev–Trinajstić information content (AvgIpc) is 3.27. The van der Waals surface area contributed by atoms with Gasteiger partial charge in [0.05, 0.1) is 10.9 Å². The van der Waals surface area contributed by atoms with Gasteiger partial charge in [-0.05, 0) is 59.9 Å². The molecular formula is C24H23FN2O3S2. The monoisotopic (exact) mass is 470 g/mol. The SMILES string of the molecule is O=C(c1cccs1)N(CC(=O)N1CCc2sccc2[C@H]1COc1cccc(F)c1)C1CC1. The van der Waals surface area contributed by atoms with Gasteiger partial charge >= 0.3 is 0 Å². The summed E-state index contributed by atoms with van der Waals surface area (Å²) < 4.78 is 19.5. The smallest absolute Gasteiger partial charge is 0.264 e. The van der Waals surface area contributed by atoms with E-state index in [9.17, 15) is 14.0 Å². The molecule has 1 atom stereocenters. The van der Waals surface area contributed by atoms with Gasteiger partial charge in [0.25, 0.3) is 5.91 Å². The van der Waals surface area contributed by atoms with Crippen molar-refractivity contribution in [2.75, 3.05) is 19.7 Å². The molecule has 3 aromatic rings. The Balaban J connectivity index is 1.34. The lowest BCUT2D eigenvalue weighted by Crippen LogP contribution is -2.48. The van der Waals surface area contributed by atoms with Gasteiger partial charge in [-0.1, -0.05) is 12.1 Å². The molecule has 32 heavy (non-hydrogen) atoms. The number of ether oxygens (including phenoxy) is 1. The summed E-state index contributed by atoms with van der Waals surface area (Å²) in [5.41, 5.74) is 1.08. The molecule has 0 N–H and O–H groups in total. The molecule has 0 saturated heterocycles. The van der Waals surface area contributed by atoms with E-state index in [1.165, 1.54) is 28.3 Å². The van der Waals surface area contributed by atoms with Crippen LogP contribution in [0.4, 0.5) is 4.39 Å². The fourth-order valence-corrected chi connectivity index (χ4v) is 5.74. The van der Waals surface area contributed by atoms with Crippen molar-refractivity contribution in [1.29, 1.82) is 0 Å². The van der Waals surface area contributed by atoms with Crippen LogP contribution in [0.3, 0.4) is 0 Å². The van der Waals surface area contributed by atoms with Crippen LogP contribution in [0.25, 0.3) is 0 Å². The van der Waals surface area contributed by atoms with Gasteiger partial charge < -0.3 is 14.5 Å². The topological polar surface area (TPSA) is 49.9 Å². The van der Waals surface area contributed by atoms with Gasteiger partial charge in [-0.2, -0.15) is 0 Å². The summed E-state index contributed by atoms with van der Waals surface area (Å²) in [6.45, 7) is 0.883. The van der Waals surface area contributed by atoms with Crippen LogP contribution in [0.2, 0.25) is 0 Å². The Labute approximate surface area is 194 Å². The van der Waals surface area contributed by atoms with Crippen molar-refractivity contribution in [2.45, 2.75) is 31.3 Å². The zero-order chi connectivity index (χ0) is 22.1. The molecule has 1 aliphatic carbocycles. The molecule has 2 aliphatic rings. The van der Waals surface area contributed by atoms with Crippen LogP contribution in [0.1, 0.15) is 39.0 Å². The van der Waals surface area contributed by atoms with Crippen LogP contribution in [0.15, 0.2) is 53.2 Å². The van der Waals surface area contributed by atoms with Gasteiger partial charge in [-0.3, -0.25) is 9.59 Å². The third-order valence-corrected chi connectivity index (χ3v) is 7.76. The normalized spacial score (nSPS) is 17.7. The van der Waals surface area contributed by atoms with Gasteiger partial charge in [-0.15, -0.1) is 22.7 Å². The summed E-state index contributed by atoms with van der Waals surface area (Å²) in [5, 5.41) is 3.91. The van der Waals surface area contributed by atoms with E-state index in [2.05, 4.69) is 0 Å². The van der Waals surface area contributed by atoms with Crippen molar-refractivity contribution < 1.29 is 18.7 Å². The van der Waals surface area contributed by atoms with E-state index >= 15 is 0 Å². The highest BCUT2D eigenvalue weighted by Crippen LogP contribution is 2.35. The first-order valence-corrected chi connectivity index (χ1v) is 12.4. The highest BCUT2D eigenvalue weighted by molar-refractivity contribution is 7.12. The number of carbonyl (C=O) groups is 2. The highest BCUT2D eigenvalue weighted by atomic mass is 32.1. The highest BCUT2D eigenvalue weighted by Gasteiger charge is 2.38. The van der Waals surface area contributed by atoms with Gasteiger partial charge in [0.2, 0.25) is 5.91 Å². The zero-order valence-electron chi connectivity index (χ0n) is 17.4. The molecule has 1 aliphatic heterocycles. The molecule has 166 valence electrons. The number of hydrogen-bond acceptors (Lipinski definition) is 5. The fourth-order valence-electron chi connectivity index (χ4n) is 4.14. The van der Waals surface area contributed by atoms with E-state index in [1.54, 1.807) is 34.4 Å². The van der Waals surface area contributed by atoms with Gasteiger partial charge in [0.1, 0.15) is 24.7 Å². The molecular weight excluding hydrogens is 447 g/mol. The molecule has 1 saturated carbocycles. The molecule has 8 heteroatoms. The second kappa shape index (κ2) is 9.03. The number of hydrogen-bond donors (Lipinski definition) is 0. The van der Waals surface area contributed by atoms with Crippen LogP contribution in [-0.4, -0.2) is 47.4 Å². The minimum Gasteiger partial charge on any atom is -0.491 e. The van der Waals surface area contributed by atoms with Crippen molar-refractivity contribution in [3.05, 3.63) is 74.4 Å². The molecule has 3 heterocycles. The van der Waals surface area contributed by atoms with Crippen LogP contribution in [-0.2, 0) is 11.2 Å². The van der Waals surface area contributed by atoms with E-state index in [0.717, 1.165) is 24.8 Å². The summed E-state index contributed by atoms with van der Waals surface area (Å²) in [7, 11) is 0. The number of amides is 2. The zero-order valence-corrected chi connectivity index (χ0v) is 19.0. The van der Waals surface area contributed by atoms with Crippen LogP contribution >= 0.6 is 22.7 Å². The quantitative estimate of drug-likeness (QED) is 0.500. The second-order valence-electron chi connectivity index (χ2n) is 8.06. The summed E-state index contributed by atoms with van der Waals surface area (Å²) in [5.74, 6) is -0.0714. The fraction of sp³-hybridized carbons (Fsp3) is 0.333. The van der Waals surface area contributed by atoms with Gasteiger partial charge in [0.15, 0.2) is 0 Å². The van der Waals surface area contributed by atoms with Crippen molar-refractivity contribution in [3.63, 3.8) is 0 Å². The molecule has 5 nitrogen and oxygen atoms in total. The first-order chi connectivity index (χ1) is 15.6. The minimum atomic E-state index is -0.359. The Bertz CT molecular complexity index is 1110. The summed E-state index contributed by atoms with van der Waals surface area (Å²) >= 11 is 3.08. The Hall–Kier alpha value is -2.71. The molecule has 0 spiro atoms. The maximum Gasteiger partial charge on any atom is 0.264 e. The number of nitrogens with zero attached hydrogens (tertiary/aromatic N) is 2. The molecule has 5 rings (SSSR count). The third-order valence-electron chi connectivity index (χ3n) is 5.91. The van der Waals surface area contributed by atoms with E-state index in [-0.39, 0.29) is 42.9 Å². The summed E-state index contributed by atoms with van der Waals surface area (Å²) in [6.07, 6.45) is 2.66. The number of carbonyl (C=O) groups excluding carboxylic acids is 2. The predicted molar refractivity (Wildman–Crippen MR) is 123 cm³/mol. The molecule has 2 aromatic heterocycles. The molecule has 1 aromatic carbocycles. The standard InChI is InChI=1S/C24H23FN2O3S2/c25-16-3-1-4-18(13-16)30-15-20-19-9-12-32-21(19)8-10-26(20)23(28)14-27(17-6-7-17)24(29)22-5-2-11-31-22/h1-5,9,11-13,17,20H,6-8,10,14-15H2/t20-/m1/s1. The Kier molecular flexibility index (Phi) is 5.97. The Morgan fingerprint density at radius 2 is 2.00 bits per heavy atom. The van der Waals surface area contributed by atoms with E-state index in [1.807, 2.05) is 27.8 Å². The Morgan fingerprint density at radius 3 is 2.75 bits per heavy atom. The maximum absolute atomic E-state index is 13.6. The minimum absolute atomic E-state index is 0.0668. The number of benzene rings is 1. The lowest BCUT2D eigenvalue weighted by Gasteiger charge is -2.37. The van der Waals surface area contributed by atoms with E-state index in [0.29, 0.717) is 17.2 Å². The summed E-state index contributed by atoms with van der Waals surface area (Å²) in [4.78, 5) is 31.9. The van der Waals surface area contributed by atoms with E-state index in [4.69, 9.17) is 4.74 Å².